The van der Waals surface area contributed by atoms with Crippen molar-refractivity contribution in [1.82, 2.24) is 0 Å². The van der Waals surface area contributed by atoms with Crippen LogP contribution < -0.4 is 29.0 Å². The smallest absolute Gasteiger partial charge is 0.262 e. The number of anilines is 1. The summed E-state index contributed by atoms with van der Waals surface area (Å²) in [6.45, 7) is 5.58. The van der Waals surface area contributed by atoms with Gasteiger partial charge in [0.1, 0.15) is 30.5 Å². The van der Waals surface area contributed by atoms with Gasteiger partial charge in [0, 0.05) is 5.56 Å². The van der Waals surface area contributed by atoms with Gasteiger partial charge in [-0.2, -0.15) is 0 Å². The summed E-state index contributed by atoms with van der Waals surface area (Å²) < 4.78 is 28.1. The van der Waals surface area contributed by atoms with Crippen molar-refractivity contribution in [3.8, 4) is 28.7 Å². The SMILES string of the molecule is CCOc1ccc(OCCOc2ccc(/C=C/C(=O)c3ccc4c(c3)NC(=O)CO4)cc2OCC)cc1. The number of allylic oxidation sites excluding steroid dienone is 1. The first-order valence-electron chi connectivity index (χ1n) is 12.1. The van der Waals surface area contributed by atoms with E-state index in [0.717, 1.165) is 17.1 Å². The number of rotatable bonds is 12. The standard InChI is InChI=1S/C29H29NO7/c1-3-33-22-8-10-23(11-9-22)35-15-16-36-27-13-6-20(17-28(27)34-4-2)5-12-25(31)21-7-14-26-24(18-21)30-29(32)19-37-26/h5-14,17-18H,3-4,15-16,19H2,1-2H3,(H,30,32)/b12-5+. The molecule has 1 aliphatic heterocycles. The lowest BCUT2D eigenvalue weighted by atomic mass is 10.1. The second-order valence-electron chi connectivity index (χ2n) is 7.99. The molecule has 8 heteroatoms. The van der Waals surface area contributed by atoms with E-state index in [4.69, 9.17) is 23.7 Å². The predicted octanol–water partition coefficient (Wildman–Crippen LogP) is 5.17. The van der Waals surface area contributed by atoms with Crippen LogP contribution in [0.25, 0.3) is 6.08 Å². The van der Waals surface area contributed by atoms with Gasteiger partial charge in [0.2, 0.25) is 0 Å². The van der Waals surface area contributed by atoms with Crippen molar-refractivity contribution >= 4 is 23.5 Å². The Morgan fingerprint density at radius 2 is 1.59 bits per heavy atom. The van der Waals surface area contributed by atoms with Gasteiger partial charge in [-0.05, 0) is 80.1 Å². The summed E-state index contributed by atoms with van der Waals surface area (Å²) in [5, 5.41) is 2.71. The van der Waals surface area contributed by atoms with E-state index in [-0.39, 0.29) is 18.3 Å². The van der Waals surface area contributed by atoms with Crippen LogP contribution in [-0.4, -0.2) is 44.7 Å². The zero-order valence-corrected chi connectivity index (χ0v) is 20.8. The molecule has 3 aromatic rings. The molecule has 4 rings (SSSR count). The fourth-order valence-electron chi connectivity index (χ4n) is 3.63. The van der Waals surface area contributed by atoms with E-state index >= 15 is 0 Å². The Bertz CT molecular complexity index is 1270. The number of ketones is 1. The molecule has 1 N–H and O–H groups in total. The van der Waals surface area contributed by atoms with E-state index < -0.39 is 0 Å². The molecule has 0 aromatic heterocycles. The summed E-state index contributed by atoms with van der Waals surface area (Å²) in [5.41, 5.74) is 1.71. The first-order chi connectivity index (χ1) is 18.1. The van der Waals surface area contributed by atoms with Crippen LogP contribution in [0.15, 0.2) is 66.7 Å². The molecule has 0 unspecified atom stereocenters. The summed E-state index contributed by atoms with van der Waals surface area (Å²) in [7, 11) is 0. The van der Waals surface area contributed by atoms with Crippen LogP contribution in [0.4, 0.5) is 5.69 Å². The Morgan fingerprint density at radius 3 is 2.35 bits per heavy atom. The van der Waals surface area contributed by atoms with Gasteiger partial charge in [0.05, 0.1) is 18.9 Å². The van der Waals surface area contributed by atoms with Gasteiger partial charge >= 0.3 is 0 Å². The van der Waals surface area contributed by atoms with Crippen molar-refractivity contribution < 1.29 is 33.3 Å². The van der Waals surface area contributed by atoms with E-state index in [2.05, 4.69) is 5.32 Å². The summed E-state index contributed by atoms with van der Waals surface area (Å²) in [4.78, 5) is 24.2. The van der Waals surface area contributed by atoms with Crippen LogP contribution >= 0.6 is 0 Å². The Labute approximate surface area is 215 Å². The molecular weight excluding hydrogens is 474 g/mol. The molecule has 8 nitrogen and oxygen atoms in total. The van der Waals surface area contributed by atoms with E-state index in [1.165, 1.54) is 6.08 Å². The second kappa shape index (κ2) is 12.5. The van der Waals surface area contributed by atoms with Crippen LogP contribution in [-0.2, 0) is 4.79 Å². The highest BCUT2D eigenvalue weighted by Crippen LogP contribution is 2.30. The molecule has 37 heavy (non-hydrogen) atoms. The van der Waals surface area contributed by atoms with E-state index in [1.54, 1.807) is 30.3 Å². The van der Waals surface area contributed by atoms with Gasteiger partial charge in [-0.15, -0.1) is 0 Å². The van der Waals surface area contributed by atoms with Crippen molar-refractivity contribution in [3.05, 3.63) is 77.9 Å². The zero-order chi connectivity index (χ0) is 26.0. The molecule has 1 aliphatic rings. The molecule has 0 saturated heterocycles. The molecule has 0 saturated carbocycles. The first kappa shape index (κ1) is 25.6. The molecule has 0 spiro atoms. The van der Waals surface area contributed by atoms with Gasteiger partial charge in [-0.3, -0.25) is 9.59 Å². The van der Waals surface area contributed by atoms with Gasteiger partial charge in [-0.1, -0.05) is 12.1 Å². The van der Waals surface area contributed by atoms with Gasteiger partial charge in [0.15, 0.2) is 23.9 Å². The molecule has 0 bridgehead atoms. The third-order valence-corrected chi connectivity index (χ3v) is 5.34. The number of carbonyl (C=O) groups excluding carboxylic acids is 2. The minimum absolute atomic E-state index is 0.0299. The van der Waals surface area contributed by atoms with Gasteiger partial charge in [0.25, 0.3) is 5.91 Å². The third kappa shape index (κ3) is 7.04. The lowest BCUT2D eigenvalue weighted by molar-refractivity contribution is -0.118. The van der Waals surface area contributed by atoms with Crippen LogP contribution in [0, 0.1) is 0 Å². The summed E-state index contributed by atoms with van der Waals surface area (Å²) in [6, 6.07) is 17.8. The van der Waals surface area contributed by atoms with Crippen molar-refractivity contribution in [1.29, 1.82) is 0 Å². The molecule has 1 amide bonds. The quantitative estimate of drug-likeness (QED) is 0.207. The van der Waals surface area contributed by atoms with Gasteiger partial charge in [-0.25, -0.2) is 0 Å². The lowest BCUT2D eigenvalue weighted by Gasteiger charge is -2.18. The van der Waals surface area contributed by atoms with E-state index in [9.17, 15) is 9.59 Å². The monoisotopic (exact) mass is 503 g/mol. The maximum Gasteiger partial charge on any atom is 0.262 e. The molecule has 3 aromatic carbocycles. The first-order valence-corrected chi connectivity index (χ1v) is 12.1. The minimum atomic E-state index is -0.249. The van der Waals surface area contributed by atoms with Crippen LogP contribution in [0.2, 0.25) is 0 Å². The van der Waals surface area contributed by atoms with Crippen LogP contribution in [0.5, 0.6) is 28.7 Å². The number of fused-ring (bicyclic) bond motifs is 1. The molecule has 0 fully saturated rings. The summed E-state index contributed by atoms with van der Waals surface area (Å²) >= 11 is 0. The Morgan fingerprint density at radius 1 is 0.865 bits per heavy atom. The molecule has 1 heterocycles. The van der Waals surface area contributed by atoms with Crippen molar-refractivity contribution in [2.45, 2.75) is 13.8 Å². The number of amides is 1. The fourth-order valence-corrected chi connectivity index (χ4v) is 3.63. The largest absolute Gasteiger partial charge is 0.494 e. The molecule has 192 valence electrons. The highest BCUT2D eigenvalue weighted by Gasteiger charge is 2.17. The minimum Gasteiger partial charge on any atom is -0.494 e. The number of hydrogen-bond acceptors (Lipinski definition) is 7. The predicted molar refractivity (Wildman–Crippen MR) is 140 cm³/mol. The fraction of sp³-hybridized carbons (Fsp3) is 0.241. The van der Waals surface area contributed by atoms with Gasteiger partial charge < -0.3 is 29.0 Å². The average Bonchev–Trinajstić information content (AvgIpc) is 2.91. The van der Waals surface area contributed by atoms with Crippen LogP contribution in [0.3, 0.4) is 0 Å². The average molecular weight is 504 g/mol. The number of ether oxygens (including phenoxy) is 5. The van der Waals surface area contributed by atoms with E-state index in [1.807, 2.05) is 50.2 Å². The molecule has 0 atom stereocenters. The topological polar surface area (TPSA) is 92.3 Å². The Kier molecular flexibility index (Phi) is 8.65. The molecule has 0 aliphatic carbocycles. The lowest BCUT2D eigenvalue weighted by Crippen LogP contribution is -2.25. The number of benzene rings is 3. The van der Waals surface area contributed by atoms with Crippen molar-refractivity contribution in [3.63, 3.8) is 0 Å². The highest BCUT2D eigenvalue weighted by molar-refractivity contribution is 6.08. The normalized spacial score (nSPS) is 12.3. The maximum atomic E-state index is 12.7. The third-order valence-electron chi connectivity index (χ3n) is 5.34. The Balaban J connectivity index is 1.34. The second-order valence-corrected chi connectivity index (χ2v) is 7.99. The number of carbonyl (C=O) groups is 2. The van der Waals surface area contributed by atoms with Crippen molar-refractivity contribution in [2.24, 2.45) is 0 Å². The molecular formula is C29H29NO7. The van der Waals surface area contributed by atoms with Crippen molar-refractivity contribution in [2.75, 3.05) is 38.4 Å². The maximum absolute atomic E-state index is 12.7. The zero-order valence-electron chi connectivity index (χ0n) is 20.8. The number of nitrogens with one attached hydrogen (secondary N) is 1. The molecule has 0 radical (unpaired) electrons. The highest BCUT2D eigenvalue weighted by atomic mass is 16.5. The van der Waals surface area contributed by atoms with Crippen LogP contribution in [0.1, 0.15) is 29.8 Å². The summed E-state index contributed by atoms with van der Waals surface area (Å²) in [6.07, 6.45) is 3.18. The summed E-state index contributed by atoms with van der Waals surface area (Å²) in [5.74, 6) is 2.79. The van der Waals surface area contributed by atoms with E-state index in [0.29, 0.717) is 54.9 Å². The Hall–Kier alpha value is -4.46. The number of hydrogen-bond donors (Lipinski definition) is 1.